The molecular weight excluding hydrogens is 290 g/mol. The number of amides is 1. The number of nitrogen functional groups attached to an aromatic ring is 1. The van der Waals surface area contributed by atoms with Crippen molar-refractivity contribution < 1.29 is 4.79 Å². The van der Waals surface area contributed by atoms with Gasteiger partial charge in [0, 0.05) is 19.2 Å². The van der Waals surface area contributed by atoms with Crippen molar-refractivity contribution in [2.45, 2.75) is 6.42 Å². The summed E-state index contributed by atoms with van der Waals surface area (Å²) in [5.74, 6) is 1.11. The molecule has 1 aliphatic rings. The molecule has 1 aromatic rings. The summed E-state index contributed by atoms with van der Waals surface area (Å²) in [5.41, 5.74) is 7.09. The number of nitrogens with two attached hydrogens (primary N) is 1. The van der Waals surface area contributed by atoms with Crippen molar-refractivity contribution in [1.29, 1.82) is 0 Å². The maximum absolute atomic E-state index is 11.8. The molecule has 16 heavy (non-hydrogen) atoms. The van der Waals surface area contributed by atoms with Crippen LogP contribution >= 0.6 is 28.6 Å². The number of hydrogen-bond donors (Lipinski definition) is 2. The largest absolute Gasteiger partial charge is 0.396 e. The number of hydrogen-bond acceptors (Lipinski definition) is 4. The second kappa shape index (κ2) is 4.63. The van der Waals surface area contributed by atoms with Crippen LogP contribution < -0.4 is 10.6 Å². The van der Waals surface area contributed by atoms with Crippen LogP contribution in [-0.4, -0.2) is 23.2 Å². The highest BCUT2D eigenvalue weighted by atomic mass is 79.9. The van der Waals surface area contributed by atoms with Crippen LogP contribution in [0.4, 0.5) is 11.4 Å². The van der Waals surface area contributed by atoms with E-state index in [0.29, 0.717) is 30.3 Å². The van der Waals surface area contributed by atoms with Crippen LogP contribution in [0.3, 0.4) is 0 Å². The van der Waals surface area contributed by atoms with Crippen molar-refractivity contribution in [1.82, 2.24) is 4.98 Å². The number of nitrogens with zero attached hydrogens (tertiary/aromatic N) is 2. The van der Waals surface area contributed by atoms with Gasteiger partial charge < -0.3 is 10.6 Å². The van der Waals surface area contributed by atoms with Crippen LogP contribution in [0.5, 0.6) is 0 Å². The van der Waals surface area contributed by atoms with Gasteiger partial charge in [-0.25, -0.2) is 0 Å². The highest BCUT2D eigenvalue weighted by Gasteiger charge is 2.31. The first kappa shape index (κ1) is 11.7. The molecule has 1 atom stereocenters. The third-order valence-corrected chi connectivity index (χ3v) is 3.73. The molecule has 0 spiro atoms. The zero-order chi connectivity index (χ0) is 11.7. The zero-order valence-corrected chi connectivity index (χ0v) is 11.0. The highest BCUT2D eigenvalue weighted by molar-refractivity contribution is 9.10. The number of rotatable bonds is 2. The van der Waals surface area contributed by atoms with E-state index in [4.69, 9.17) is 5.73 Å². The van der Waals surface area contributed by atoms with Crippen molar-refractivity contribution in [3.8, 4) is 0 Å². The monoisotopic (exact) mass is 301 g/mol. The van der Waals surface area contributed by atoms with E-state index in [0.717, 1.165) is 10.2 Å². The molecule has 6 heteroatoms. The Kier molecular flexibility index (Phi) is 3.39. The Morgan fingerprint density at radius 3 is 2.94 bits per heavy atom. The summed E-state index contributed by atoms with van der Waals surface area (Å²) < 4.78 is 0.751. The van der Waals surface area contributed by atoms with Gasteiger partial charge in [-0.05, 0) is 27.6 Å². The van der Waals surface area contributed by atoms with E-state index in [-0.39, 0.29) is 5.91 Å². The third kappa shape index (κ3) is 2.04. The van der Waals surface area contributed by atoms with Gasteiger partial charge in [0.05, 0.1) is 22.0 Å². The number of halogens is 1. The van der Waals surface area contributed by atoms with Crippen LogP contribution in [0.25, 0.3) is 0 Å². The maximum Gasteiger partial charge on any atom is 0.227 e. The molecular formula is C10H12BrN3OS. The summed E-state index contributed by atoms with van der Waals surface area (Å²) in [6.07, 6.45) is 3.74. The van der Waals surface area contributed by atoms with Gasteiger partial charge >= 0.3 is 0 Å². The summed E-state index contributed by atoms with van der Waals surface area (Å²) >= 11 is 7.60. The molecule has 0 radical (unpaired) electrons. The van der Waals surface area contributed by atoms with Crippen molar-refractivity contribution >= 4 is 45.8 Å². The molecule has 1 amide bonds. The fourth-order valence-electron chi connectivity index (χ4n) is 1.85. The fourth-order valence-corrected chi connectivity index (χ4v) is 2.65. The molecule has 1 fully saturated rings. The molecule has 2 heterocycles. The lowest BCUT2D eigenvalue weighted by atomic mass is 10.1. The smallest absolute Gasteiger partial charge is 0.227 e. The number of aromatic nitrogens is 1. The van der Waals surface area contributed by atoms with Gasteiger partial charge in [0.15, 0.2) is 0 Å². The minimum atomic E-state index is 0.0950. The van der Waals surface area contributed by atoms with Gasteiger partial charge in [-0.3, -0.25) is 9.78 Å². The van der Waals surface area contributed by atoms with E-state index < -0.39 is 0 Å². The predicted molar refractivity (Wildman–Crippen MR) is 70.7 cm³/mol. The Hall–Kier alpha value is -0.750. The summed E-state index contributed by atoms with van der Waals surface area (Å²) in [5, 5.41) is 0. The average Bonchev–Trinajstić information content (AvgIpc) is 2.60. The molecule has 0 saturated carbocycles. The topological polar surface area (TPSA) is 59.2 Å². The average molecular weight is 302 g/mol. The third-order valence-electron chi connectivity index (χ3n) is 2.63. The lowest BCUT2D eigenvalue weighted by molar-refractivity contribution is -0.117. The van der Waals surface area contributed by atoms with Crippen LogP contribution in [0.1, 0.15) is 6.42 Å². The number of anilines is 2. The van der Waals surface area contributed by atoms with Crippen molar-refractivity contribution in [3.63, 3.8) is 0 Å². The van der Waals surface area contributed by atoms with E-state index in [1.807, 2.05) is 0 Å². The van der Waals surface area contributed by atoms with Gasteiger partial charge in [-0.2, -0.15) is 12.6 Å². The normalized spacial score (nSPS) is 20.5. The van der Waals surface area contributed by atoms with Gasteiger partial charge in [0.25, 0.3) is 0 Å². The number of carbonyl (C=O) groups excluding carboxylic acids is 1. The van der Waals surface area contributed by atoms with Crippen LogP contribution in [0.15, 0.2) is 16.9 Å². The van der Waals surface area contributed by atoms with Gasteiger partial charge in [-0.1, -0.05) is 0 Å². The quantitative estimate of drug-likeness (QED) is 0.818. The lowest BCUT2D eigenvalue weighted by Crippen LogP contribution is -2.26. The first-order valence-electron chi connectivity index (χ1n) is 4.93. The van der Waals surface area contributed by atoms with Crippen LogP contribution in [0.2, 0.25) is 0 Å². The van der Waals surface area contributed by atoms with Gasteiger partial charge in [0.1, 0.15) is 0 Å². The summed E-state index contributed by atoms with van der Waals surface area (Å²) in [7, 11) is 0. The molecule has 2 rings (SSSR count). The lowest BCUT2D eigenvalue weighted by Gasteiger charge is -2.19. The minimum Gasteiger partial charge on any atom is -0.396 e. The number of thiol groups is 1. The summed E-state index contributed by atoms with van der Waals surface area (Å²) in [6.45, 7) is 0.676. The fraction of sp³-hybridized carbons (Fsp3) is 0.400. The Balaban J connectivity index is 2.35. The van der Waals surface area contributed by atoms with E-state index in [1.54, 1.807) is 17.3 Å². The molecule has 0 aromatic carbocycles. The number of carbonyl (C=O) groups is 1. The SMILES string of the molecule is Nc1cncc(Br)c1N1CC(CS)CC1=O. The molecule has 0 aliphatic carbocycles. The molecule has 1 aliphatic heterocycles. The Morgan fingerprint density at radius 2 is 2.38 bits per heavy atom. The van der Waals surface area contributed by atoms with Crippen molar-refractivity contribution in [2.24, 2.45) is 5.92 Å². The zero-order valence-electron chi connectivity index (χ0n) is 8.56. The number of pyridine rings is 1. The second-order valence-corrected chi connectivity index (χ2v) is 5.04. The summed E-state index contributed by atoms with van der Waals surface area (Å²) in [4.78, 5) is 17.5. The van der Waals surface area contributed by atoms with E-state index >= 15 is 0 Å². The van der Waals surface area contributed by atoms with E-state index in [2.05, 4.69) is 33.5 Å². The minimum absolute atomic E-state index is 0.0950. The van der Waals surface area contributed by atoms with Gasteiger partial charge in [-0.15, -0.1) is 0 Å². The molecule has 1 unspecified atom stereocenters. The molecule has 1 aromatic heterocycles. The molecule has 1 saturated heterocycles. The second-order valence-electron chi connectivity index (χ2n) is 3.82. The first-order chi connectivity index (χ1) is 7.63. The molecule has 86 valence electrons. The van der Waals surface area contributed by atoms with Crippen LogP contribution in [0, 0.1) is 5.92 Å². The Labute approximate surface area is 108 Å². The standard InChI is InChI=1S/C10H12BrN3OS/c11-7-2-13-3-8(12)10(7)14-4-6(5-16)1-9(14)15/h2-3,6,16H,1,4-5,12H2. The molecule has 4 nitrogen and oxygen atoms in total. The summed E-state index contributed by atoms with van der Waals surface area (Å²) in [6, 6.07) is 0. The highest BCUT2D eigenvalue weighted by Crippen LogP contribution is 2.35. The van der Waals surface area contributed by atoms with Crippen molar-refractivity contribution in [2.75, 3.05) is 22.9 Å². The van der Waals surface area contributed by atoms with E-state index in [9.17, 15) is 4.79 Å². The maximum atomic E-state index is 11.8. The predicted octanol–water partition coefficient (Wildman–Crippen LogP) is 1.71. The van der Waals surface area contributed by atoms with Crippen LogP contribution in [-0.2, 0) is 4.79 Å². The first-order valence-corrected chi connectivity index (χ1v) is 6.36. The van der Waals surface area contributed by atoms with Crippen molar-refractivity contribution in [3.05, 3.63) is 16.9 Å². The Morgan fingerprint density at radius 1 is 1.62 bits per heavy atom. The molecule has 2 N–H and O–H groups in total. The van der Waals surface area contributed by atoms with Gasteiger partial charge in [0.2, 0.25) is 5.91 Å². The molecule has 0 bridgehead atoms. The Bertz CT molecular complexity index is 406. The van der Waals surface area contributed by atoms with E-state index in [1.165, 1.54) is 0 Å².